The van der Waals surface area contributed by atoms with Gasteiger partial charge in [0.15, 0.2) is 18.7 Å². The third-order valence-electron chi connectivity index (χ3n) is 16.9. The van der Waals surface area contributed by atoms with Crippen LogP contribution < -0.4 is 10.7 Å². The maximum absolute atomic E-state index is 14.5. The lowest BCUT2D eigenvalue weighted by atomic mass is 9.74. The zero-order valence-electron chi connectivity index (χ0n) is 48.8. The van der Waals surface area contributed by atoms with E-state index in [-0.39, 0.29) is 56.7 Å². The number of carboxylic acid groups (broad SMARTS) is 1. The number of methoxy groups -OCH3 is 1. The molecule has 2 aromatic rings. The van der Waals surface area contributed by atoms with Gasteiger partial charge < -0.3 is 82.9 Å². The highest BCUT2D eigenvalue weighted by molar-refractivity contribution is 5.94. The zero-order chi connectivity index (χ0) is 58.9. The summed E-state index contributed by atoms with van der Waals surface area (Å²) in [6.07, 6.45) is -9.19. The number of carbonyl (C=O) groups is 4. The lowest BCUT2D eigenvalue weighted by Gasteiger charge is -2.49. The fraction of sp³-hybridized carbons (Fsp3) is 0.772. The van der Waals surface area contributed by atoms with Crippen molar-refractivity contribution in [1.82, 2.24) is 14.8 Å². The van der Waals surface area contributed by atoms with Crippen molar-refractivity contribution >= 4 is 34.7 Å². The number of rotatable bonds is 16. The fourth-order valence-corrected chi connectivity index (χ4v) is 12.3. The molecule has 3 fully saturated rings. The molecule has 446 valence electrons. The summed E-state index contributed by atoms with van der Waals surface area (Å²) in [4.78, 5) is 69.0. The average Bonchev–Trinajstić information content (AvgIpc) is 3.50. The summed E-state index contributed by atoms with van der Waals surface area (Å²) in [5.41, 5.74) is -4.66. The largest absolute Gasteiger partial charge is 0.477 e. The molecule has 5 heterocycles. The highest BCUT2D eigenvalue weighted by Gasteiger charge is 2.54. The summed E-state index contributed by atoms with van der Waals surface area (Å²) < 4.78 is 57.8. The van der Waals surface area contributed by atoms with Crippen LogP contribution in [0.15, 0.2) is 23.1 Å². The minimum absolute atomic E-state index is 0.0310. The number of aliphatic hydroxyl groups is 4. The number of ether oxygens (including phenoxy) is 9. The number of Topliss-reactive ketones (excluding diaryl/α,β-unsaturated/α-hetero) is 1. The van der Waals surface area contributed by atoms with Gasteiger partial charge in [0.1, 0.15) is 40.5 Å². The number of amides is 1. The smallest absolute Gasteiger partial charge is 0.407 e. The normalized spacial score (nSPS) is 37.5. The molecule has 4 aliphatic rings. The number of aliphatic hydroxyl groups excluding tert-OH is 2. The Kier molecular flexibility index (Phi) is 20.7. The lowest BCUT2D eigenvalue weighted by molar-refractivity contribution is -0.317. The number of hydrogen-bond donors (Lipinski definition) is 6. The number of ketones is 1. The predicted molar refractivity (Wildman–Crippen MR) is 287 cm³/mol. The van der Waals surface area contributed by atoms with Crippen LogP contribution in [-0.2, 0) is 71.0 Å². The first-order valence-corrected chi connectivity index (χ1v) is 27.8. The molecular formula is C57H89N3O19. The number of alkyl carbamates (subject to hydrolysis) is 1. The van der Waals surface area contributed by atoms with Gasteiger partial charge in [-0.3, -0.25) is 14.4 Å². The summed E-state index contributed by atoms with van der Waals surface area (Å²) >= 11 is 0. The Hall–Kier alpha value is -4.17. The number of aryl methyl sites for hydroxylation is 1. The quantitative estimate of drug-likeness (QED) is 0.100. The average molecular weight is 1120 g/mol. The number of esters is 1. The standard InChI is InChI=1S/C57H89N3O19/c1-16-40-57(12,70)47(64)31(4)43(61)29(2)25-55(10,69)48(78-52-45(63)39(59(13)14)22-30(3)74-52)32(5)46(33(6)51(67)76-40)77-41-26-56(11,71-15)49(34(7)75-41)79-53(68)58-19-21-72-20-17-18-35-23-36-28-73-54(8,9)60-27-38(50(65)66)44(62)37(24-35)42(36)60/h23-24,27,29-34,39-41,45-49,52,63-64,69-70H,16-22,25-26,28H2,1-15H3,(H,58,68)(H,65,66)/t29-,30+,31+,32+,33-,34+,39-,40-,41+,45+,46+,47-,48-,49+,52-,55-,56-,57-/m1/s1. The Morgan fingerprint density at radius 3 is 2.23 bits per heavy atom. The molecule has 22 heteroatoms. The van der Waals surface area contributed by atoms with E-state index in [4.69, 9.17) is 42.6 Å². The Morgan fingerprint density at radius 1 is 0.911 bits per heavy atom. The van der Waals surface area contributed by atoms with Crippen molar-refractivity contribution < 1.29 is 87.3 Å². The first-order valence-electron chi connectivity index (χ1n) is 27.8. The highest BCUT2D eigenvalue weighted by Crippen LogP contribution is 2.42. The molecule has 0 aliphatic carbocycles. The molecule has 3 saturated heterocycles. The summed E-state index contributed by atoms with van der Waals surface area (Å²) in [6, 6.07) is 3.30. The molecule has 18 atom stereocenters. The van der Waals surface area contributed by atoms with E-state index in [0.29, 0.717) is 36.8 Å². The van der Waals surface area contributed by atoms with E-state index in [1.807, 2.05) is 45.8 Å². The van der Waals surface area contributed by atoms with Gasteiger partial charge in [-0.2, -0.15) is 0 Å². The SMILES string of the molecule is CC[C@H]1OC(=O)[C@H](C)[C@@H](O[C@H]2C[C@@](C)(OC)[C@@H](OC(=O)NCCOCCCc3cc4c5c(c3)c(=O)c(C(=O)O)cn5C(C)(C)OC4)[C@H](C)O2)[C@H](C)[C@@H](O[C@H]2O[C@@H](C)C[C@@H](N(C)C)[C@@H]2O)[C@](C)(O)C[C@@H](C)C(=O)[C@H](C)[C@@H](O)[C@]1(C)O. The van der Waals surface area contributed by atoms with Crippen molar-refractivity contribution in [2.24, 2.45) is 23.7 Å². The Labute approximate surface area is 463 Å². The number of nitrogens with one attached hydrogen (secondary N) is 1. The molecule has 6 N–H and O–H groups in total. The van der Waals surface area contributed by atoms with Crippen LogP contribution in [0.25, 0.3) is 10.9 Å². The lowest BCUT2D eigenvalue weighted by Crippen LogP contribution is -2.61. The van der Waals surface area contributed by atoms with Gasteiger partial charge in [0.05, 0.1) is 60.8 Å². The van der Waals surface area contributed by atoms with Gasteiger partial charge in [-0.25, -0.2) is 9.59 Å². The van der Waals surface area contributed by atoms with Crippen molar-refractivity contribution in [3.05, 3.63) is 45.2 Å². The molecule has 79 heavy (non-hydrogen) atoms. The second-order valence-corrected chi connectivity index (χ2v) is 23.9. The molecule has 0 spiro atoms. The van der Waals surface area contributed by atoms with Gasteiger partial charge in [-0.1, -0.05) is 33.8 Å². The molecule has 1 aromatic carbocycles. The molecule has 1 amide bonds. The third-order valence-corrected chi connectivity index (χ3v) is 16.9. The number of likely N-dealkylation sites (N-methyl/N-ethyl adjacent to an activating group) is 1. The number of aromatic nitrogens is 1. The van der Waals surface area contributed by atoms with E-state index in [0.717, 1.165) is 11.1 Å². The summed E-state index contributed by atoms with van der Waals surface area (Å²) in [7, 11) is 5.12. The van der Waals surface area contributed by atoms with Gasteiger partial charge in [0, 0.05) is 67.6 Å². The van der Waals surface area contributed by atoms with E-state index in [1.54, 1.807) is 52.2 Å². The molecule has 0 bridgehead atoms. The van der Waals surface area contributed by atoms with Crippen molar-refractivity contribution in [2.45, 2.75) is 218 Å². The second-order valence-electron chi connectivity index (χ2n) is 23.9. The number of aromatic carboxylic acids is 1. The van der Waals surface area contributed by atoms with Crippen molar-refractivity contribution in [3.8, 4) is 0 Å². The van der Waals surface area contributed by atoms with Crippen LogP contribution in [0, 0.1) is 23.7 Å². The number of nitrogens with zero attached hydrogens (tertiary/aromatic N) is 2. The van der Waals surface area contributed by atoms with Crippen LogP contribution in [0.5, 0.6) is 0 Å². The Bertz CT molecular complexity index is 2530. The second kappa shape index (κ2) is 25.5. The van der Waals surface area contributed by atoms with Gasteiger partial charge in [-0.05, 0) is 113 Å². The minimum atomic E-state index is -2.07. The van der Waals surface area contributed by atoms with Crippen molar-refractivity contribution in [1.29, 1.82) is 0 Å². The van der Waals surface area contributed by atoms with Crippen molar-refractivity contribution in [2.75, 3.05) is 41.0 Å². The fourth-order valence-electron chi connectivity index (χ4n) is 12.3. The highest BCUT2D eigenvalue weighted by atomic mass is 16.7. The maximum Gasteiger partial charge on any atom is 0.407 e. The van der Waals surface area contributed by atoms with Gasteiger partial charge in [-0.15, -0.1) is 0 Å². The van der Waals surface area contributed by atoms with E-state index in [9.17, 15) is 49.5 Å². The topological polar surface area (TPSA) is 290 Å². The van der Waals surface area contributed by atoms with Crippen molar-refractivity contribution in [3.63, 3.8) is 0 Å². The minimum Gasteiger partial charge on any atom is -0.477 e. The predicted octanol–water partition coefficient (Wildman–Crippen LogP) is 4.40. The first kappa shape index (κ1) is 64.0. The number of benzene rings is 1. The van der Waals surface area contributed by atoms with E-state index in [2.05, 4.69) is 5.32 Å². The van der Waals surface area contributed by atoms with E-state index >= 15 is 0 Å². The van der Waals surface area contributed by atoms with Gasteiger partial charge in [0.25, 0.3) is 0 Å². The van der Waals surface area contributed by atoms with E-state index in [1.165, 1.54) is 34.1 Å². The van der Waals surface area contributed by atoms with Crippen LogP contribution in [0.2, 0.25) is 0 Å². The molecular weight excluding hydrogens is 1030 g/mol. The third kappa shape index (κ3) is 14.0. The molecule has 0 radical (unpaired) electrons. The van der Waals surface area contributed by atoms with Crippen LogP contribution in [0.1, 0.15) is 137 Å². The number of cyclic esters (lactones) is 1. The molecule has 22 nitrogen and oxygen atoms in total. The summed E-state index contributed by atoms with van der Waals surface area (Å²) in [5.74, 6) is -6.72. The van der Waals surface area contributed by atoms with E-state index < -0.39 is 131 Å². The summed E-state index contributed by atoms with van der Waals surface area (Å²) in [5, 5.41) is 60.5. The number of carbonyl (C=O) groups excluding carboxylic acids is 3. The monoisotopic (exact) mass is 1120 g/mol. The first-order chi connectivity index (χ1) is 36.8. The van der Waals surface area contributed by atoms with Gasteiger partial charge in [0.2, 0.25) is 5.43 Å². The number of carboxylic acids is 1. The molecule has 4 aliphatic heterocycles. The molecule has 1 aromatic heterocycles. The number of pyridine rings is 1. The van der Waals surface area contributed by atoms with Gasteiger partial charge >= 0.3 is 18.0 Å². The number of hydrogen-bond acceptors (Lipinski definition) is 19. The summed E-state index contributed by atoms with van der Waals surface area (Å²) in [6.45, 7) is 20.6. The molecule has 6 rings (SSSR count). The molecule has 0 saturated carbocycles. The van der Waals surface area contributed by atoms with Crippen LogP contribution >= 0.6 is 0 Å². The van der Waals surface area contributed by atoms with Crippen LogP contribution in [0.3, 0.4) is 0 Å². The maximum atomic E-state index is 14.5. The zero-order valence-corrected chi connectivity index (χ0v) is 48.8. The Balaban J connectivity index is 1.15. The Morgan fingerprint density at radius 2 is 1.59 bits per heavy atom. The van der Waals surface area contributed by atoms with Crippen LogP contribution in [0.4, 0.5) is 4.79 Å². The van der Waals surface area contributed by atoms with Crippen LogP contribution in [-0.4, -0.2) is 184 Å². The molecule has 0 unspecified atom stereocenters.